The van der Waals surface area contributed by atoms with Crippen molar-refractivity contribution in [3.63, 3.8) is 0 Å². The molecule has 0 aliphatic carbocycles. The van der Waals surface area contributed by atoms with Gasteiger partial charge in [0.1, 0.15) is 5.82 Å². The minimum Gasteiger partial charge on any atom is -0.362 e. The zero-order chi connectivity index (χ0) is 8.81. The van der Waals surface area contributed by atoms with Crippen molar-refractivity contribution in [2.24, 2.45) is 0 Å². The summed E-state index contributed by atoms with van der Waals surface area (Å²) in [6.45, 7) is 3.64. The highest BCUT2D eigenvalue weighted by Crippen LogP contribution is 2.07. The van der Waals surface area contributed by atoms with Crippen molar-refractivity contribution >= 4 is 5.69 Å². The summed E-state index contributed by atoms with van der Waals surface area (Å²) in [5, 5.41) is 2.99. The third kappa shape index (κ3) is 2.74. The molecule has 1 N–H and O–H groups in total. The van der Waals surface area contributed by atoms with Gasteiger partial charge in [-0.25, -0.2) is 4.39 Å². The molecule has 0 aromatic heterocycles. The third-order valence-electron chi connectivity index (χ3n) is 1.38. The molecule has 0 aliphatic rings. The fourth-order valence-corrected chi connectivity index (χ4v) is 0.785. The van der Waals surface area contributed by atoms with E-state index in [1.54, 1.807) is 18.3 Å². The predicted octanol–water partition coefficient (Wildman–Crippen LogP) is 2.98. The molecule has 0 spiro atoms. The number of allylic oxidation sites excluding steroid dienone is 1. The molecule has 1 aromatic carbocycles. The van der Waals surface area contributed by atoms with E-state index in [4.69, 9.17) is 0 Å². The fourth-order valence-electron chi connectivity index (χ4n) is 0.785. The van der Waals surface area contributed by atoms with Crippen LogP contribution < -0.4 is 5.32 Å². The summed E-state index contributed by atoms with van der Waals surface area (Å²) in [6, 6.07) is 6.20. The number of anilines is 1. The summed E-state index contributed by atoms with van der Waals surface area (Å²) in [5.74, 6) is -0.221. The summed E-state index contributed by atoms with van der Waals surface area (Å²) in [4.78, 5) is 0. The van der Waals surface area contributed by atoms with E-state index in [-0.39, 0.29) is 5.82 Å². The van der Waals surface area contributed by atoms with Gasteiger partial charge >= 0.3 is 0 Å². The van der Waals surface area contributed by atoms with Crippen LogP contribution in [-0.4, -0.2) is 0 Å². The summed E-state index contributed by atoms with van der Waals surface area (Å²) in [6.07, 6.45) is 4.43. The number of benzene rings is 1. The summed E-state index contributed by atoms with van der Waals surface area (Å²) in [7, 11) is 0. The van der Waals surface area contributed by atoms with Crippen molar-refractivity contribution in [2.45, 2.75) is 6.42 Å². The molecule has 0 saturated heterocycles. The highest BCUT2D eigenvalue weighted by molar-refractivity contribution is 5.45. The molecule has 0 unspecified atom stereocenters. The minimum atomic E-state index is -0.221. The molecular formula is C10H11FN. The van der Waals surface area contributed by atoms with Crippen LogP contribution in [0.25, 0.3) is 0 Å². The van der Waals surface area contributed by atoms with Crippen molar-refractivity contribution in [1.82, 2.24) is 0 Å². The lowest BCUT2D eigenvalue weighted by Gasteiger charge is -1.98. The molecule has 0 fully saturated rings. The standard InChI is InChI=1S/C10H11FN/c1-2-3-8-12-10-6-4-9(11)5-7-10/h3-8,12H,1-2H2/b8-3+. The van der Waals surface area contributed by atoms with E-state index >= 15 is 0 Å². The van der Waals surface area contributed by atoms with Crippen molar-refractivity contribution in [3.8, 4) is 0 Å². The van der Waals surface area contributed by atoms with E-state index in [0.717, 1.165) is 12.1 Å². The second kappa shape index (κ2) is 4.54. The van der Waals surface area contributed by atoms with Gasteiger partial charge in [0.2, 0.25) is 0 Å². The van der Waals surface area contributed by atoms with Crippen LogP contribution in [0.15, 0.2) is 36.5 Å². The summed E-state index contributed by atoms with van der Waals surface area (Å²) in [5.41, 5.74) is 0.876. The van der Waals surface area contributed by atoms with Gasteiger partial charge in [0.25, 0.3) is 0 Å². The van der Waals surface area contributed by atoms with E-state index in [1.807, 2.05) is 6.08 Å². The van der Waals surface area contributed by atoms with Crippen LogP contribution in [0.2, 0.25) is 0 Å². The molecule has 0 atom stereocenters. The number of rotatable bonds is 3. The molecule has 0 amide bonds. The first kappa shape index (κ1) is 8.78. The maximum atomic E-state index is 12.4. The van der Waals surface area contributed by atoms with Gasteiger partial charge < -0.3 is 5.32 Å². The van der Waals surface area contributed by atoms with Crippen molar-refractivity contribution < 1.29 is 4.39 Å². The van der Waals surface area contributed by atoms with Crippen molar-refractivity contribution in [1.29, 1.82) is 0 Å². The number of halogens is 1. The number of hydrogen-bond acceptors (Lipinski definition) is 1. The van der Waals surface area contributed by atoms with Gasteiger partial charge in [-0.1, -0.05) is 6.08 Å². The van der Waals surface area contributed by atoms with Gasteiger partial charge in [-0.3, -0.25) is 0 Å². The van der Waals surface area contributed by atoms with Gasteiger partial charge in [-0.15, -0.1) is 0 Å². The quantitative estimate of drug-likeness (QED) is 0.724. The lowest BCUT2D eigenvalue weighted by molar-refractivity contribution is 0.628. The Morgan fingerprint density at radius 1 is 1.33 bits per heavy atom. The first-order chi connectivity index (χ1) is 5.83. The molecule has 63 valence electrons. The van der Waals surface area contributed by atoms with Crippen LogP contribution in [0, 0.1) is 12.7 Å². The average Bonchev–Trinajstić information content (AvgIpc) is 2.09. The van der Waals surface area contributed by atoms with Gasteiger partial charge in [0.15, 0.2) is 0 Å². The van der Waals surface area contributed by atoms with E-state index in [0.29, 0.717) is 0 Å². The zero-order valence-corrected chi connectivity index (χ0v) is 6.76. The molecule has 1 aromatic rings. The van der Waals surface area contributed by atoms with Gasteiger partial charge in [0.05, 0.1) is 0 Å². The Kier molecular flexibility index (Phi) is 3.33. The minimum absolute atomic E-state index is 0.221. The first-order valence-corrected chi connectivity index (χ1v) is 3.79. The molecule has 0 heterocycles. The van der Waals surface area contributed by atoms with E-state index in [1.165, 1.54) is 12.1 Å². The van der Waals surface area contributed by atoms with Crippen LogP contribution in [0.4, 0.5) is 10.1 Å². The largest absolute Gasteiger partial charge is 0.362 e. The van der Waals surface area contributed by atoms with Crippen molar-refractivity contribution in [2.75, 3.05) is 5.32 Å². The normalized spacial score (nSPS) is 10.5. The molecule has 1 nitrogen and oxygen atoms in total. The van der Waals surface area contributed by atoms with Crippen molar-refractivity contribution in [3.05, 3.63) is 49.3 Å². The first-order valence-electron chi connectivity index (χ1n) is 3.79. The van der Waals surface area contributed by atoms with E-state index in [9.17, 15) is 4.39 Å². The zero-order valence-electron chi connectivity index (χ0n) is 6.76. The molecule has 2 heteroatoms. The van der Waals surface area contributed by atoms with E-state index < -0.39 is 0 Å². The molecule has 0 bridgehead atoms. The second-order valence-electron chi connectivity index (χ2n) is 2.34. The van der Waals surface area contributed by atoms with Crippen LogP contribution in [0.3, 0.4) is 0 Å². The van der Waals surface area contributed by atoms with Gasteiger partial charge in [-0.05, 0) is 43.8 Å². The van der Waals surface area contributed by atoms with Crippen LogP contribution in [0.1, 0.15) is 6.42 Å². The number of nitrogens with one attached hydrogen (secondary N) is 1. The Morgan fingerprint density at radius 3 is 2.58 bits per heavy atom. The fraction of sp³-hybridized carbons (Fsp3) is 0.100. The van der Waals surface area contributed by atoms with Gasteiger partial charge in [-0.2, -0.15) is 0 Å². The lowest BCUT2D eigenvalue weighted by Crippen LogP contribution is -1.86. The highest BCUT2D eigenvalue weighted by Gasteiger charge is 1.88. The van der Waals surface area contributed by atoms with Crippen LogP contribution in [0.5, 0.6) is 0 Å². The maximum absolute atomic E-state index is 12.4. The van der Waals surface area contributed by atoms with Crippen LogP contribution in [-0.2, 0) is 0 Å². The highest BCUT2D eigenvalue weighted by atomic mass is 19.1. The Hall–Kier alpha value is -1.31. The second-order valence-corrected chi connectivity index (χ2v) is 2.34. The average molecular weight is 164 g/mol. The Balaban J connectivity index is 2.53. The van der Waals surface area contributed by atoms with E-state index in [2.05, 4.69) is 12.2 Å². The Labute approximate surface area is 71.9 Å². The molecule has 0 aliphatic heterocycles. The Morgan fingerprint density at radius 2 is 2.00 bits per heavy atom. The third-order valence-corrected chi connectivity index (χ3v) is 1.38. The topological polar surface area (TPSA) is 12.0 Å². The molecule has 0 saturated carbocycles. The molecule has 12 heavy (non-hydrogen) atoms. The molecule has 1 radical (unpaired) electrons. The summed E-state index contributed by atoms with van der Waals surface area (Å²) < 4.78 is 12.4. The maximum Gasteiger partial charge on any atom is 0.123 e. The van der Waals surface area contributed by atoms with Gasteiger partial charge in [0, 0.05) is 5.69 Å². The SMILES string of the molecule is [CH2]C/C=C/Nc1ccc(F)cc1. The molecule has 1 rings (SSSR count). The summed E-state index contributed by atoms with van der Waals surface area (Å²) >= 11 is 0. The Bertz CT molecular complexity index is 251. The molecular weight excluding hydrogens is 153 g/mol. The van der Waals surface area contributed by atoms with Crippen LogP contribution >= 0.6 is 0 Å². The lowest BCUT2D eigenvalue weighted by atomic mass is 10.3. The predicted molar refractivity (Wildman–Crippen MR) is 49.1 cm³/mol. The smallest absolute Gasteiger partial charge is 0.123 e. The number of hydrogen-bond donors (Lipinski definition) is 1. The monoisotopic (exact) mass is 164 g/mol.